The summed E-state index contributed by atoms with van der Waals surface area (Å²) in [7, 11) is 0. The smallest absolute Gasteiger partial charge is 0.216 e. The highest BCUT2D eigenvalue weighted by molar-refractivity contribution is 5.96. The zero-order valence-corrected chi connectivity index (χ0v) is 9.91. The normalized spacial score (nSPS) is 18.2. The summed E-state index contributed by atoms with van der Waals surface area (Å²) >= 11 is 0. The number of hydrogen-bond acceptors (Lipinski definition) is 3. The molecule has 1 aliphatic heterocycles. The first-order valence-electron chi connectivity index (χ1n) is 5.94. The molecule has 0 saturated carbocycles. The topological polar surface area (TPSA) is 47.6 Å². The maximum Gasteiger partial charge on any atom is 0.216 e. The second kappa shape index (κ2) is 4.53. The van der Waals surface area contributed by atoms with E-state index in [1.54, 1.807) is 0 Å². The van der Waals surface area contributed by atoms with E-state index in [0.29, 0.717) is 12.5 Å². The van der Waals surface area contributed by atoms with Gasteiger partial charge < -0.3 is 10.5 Å². The van der Waals surface area contributed by atoms with Crippen LogP contribution >= 0.6 is 0 Å². The van der Waals surface area contributed by atoms with Crippen molar-refractivity contribution in [3.8, 4) is 0 Å². The van der Waals surface area contributed by atoms with Gasteiger partial charge in [-0.1, -0.05) is 36.4 Å². The van der Waals surface area contributed by atoms with Crippen molar-refractivity contribution in [3.05, 3.63) is 65.7 Å². The van der Waals surface area contributed by atoms with Crippen molar-refractivity contribution < 1.29 is 4.74 Å². The van der Waals surface area contributed by atoms with E-state index in [2.05, 4.69) is 17.1 Å². The summed E-state index contributed by atoms with van der Waals surface area (Å²) in [5.74, 6) is 0.677. The van der Waals surface area contributed by atoms with Crippen LogP contribution in [0, 0.1) is 0 Å². The van der Waals surface area contributed by atoms with Gasteiger partial charge in [-0.2, -0.15) is 0 Å². The van der Waals surface area contributed by atoms with Gasteiger partial charge in [0.25, 0.3) is 0 Å². The lowest BCUT2D eigenvalue weighted by Crippen LogP contribution is -2.01. The number of anilines is 1. The van der Waals surface area contributed by atoms with E-state index in [9.17, 15) is 0 Å². The second-order valence-corrected chi connectivity index (χ2v) is 4.30. The van der Waals surface area contributed by atoms with Crippen molar-refractivity contribution >= 4 is 11.6 Å². The lowest BCUT2D eigenvalue weighted by Gasteiger charge is -2.03. The lowest BCUT2D eigenvalue weighted by molar-refractivity contribution is 0.320. The Morgan fingerprint density at radius 1 is 1.06 bits per heavy atom. The van der Waals surface area contributed by atoms with E-state index in [4.69, 9.17) is 10.5 Å². The maximum atomic E-state index is 5.76. The number of aliphatic imine (C=N–C) groups is 1. The molecule has 0 saturated heterocycles. The molecule has 2 aromatic carbocycles. The third kappa shape index (κ3) is 2.07. The summed E-state index contributed by atoms with van der Waals surface area (Å²) in [4.78, 5) is 4.61. The highest BCUT2D eigenvalue weighted by Gasteiger charge is 2.21. The zero-order valence-electron chi connectivity index (χ0n) is 9.91. The van der Waals surface area contributed by atoms with Crippen molar-refractivity contribution in [1.29, 1.82) is 0 Å². The predicted octanol–water partition coefficient (Wildman–Crippen LogP) is 2.79. The molecule has 0 bridgehead atoms. The first kappa shape index (κ1) is 10.8. The molecule has 2 N–H and O–H groups in total. The number of nitrogen functional groups attached to an aromatic ring is 1. The van der Waals surface area contributed by atoms with Gasteiger partial charge in [0.2, 0.25) is 5.90 Å². The molecular formula is C15H14N2O. The van der Waals surface area contributed by atoms with Gasteiger partial charge >= 0.3 is 0 Å². The molecule has 0 amide bonds. The SMILES string of the molecule is Nc1cccc(C2=N[C@@H](c3ccccc3)CO2)c1. The number of benzene rings is 2. The minimum Gasteiger partial charge on any atom is -0.475 e. The summed E-state index contributed by atoms with van der Waals surface area (Å²) < 4.78 is 5.66. The molecule has 90 valence electrons. The molecule has 3 nitrogen and oxygen atoms in total. The summed E-state index contributed by atoms with van der Waals surface area (Å²) in [5, 5.41) is 0. The van der Waals surface area contributed by atoms with Gasteiger partial charge in [-0.3, -0.25) is 0 Å². The Hall–Kier alpha value is -2.29. The first-order chi connectivity index (χ1) is 8.83. The molecule has 0 fully saturated rings. The van der Waals surface area contributed by atoms with Crippen LogP contribution in [0.15, 0.2) is 59.6 Å². The number of hydrogen-bond donors (Lipinski definition) is 1. The maximum absolute atomic E-state index is 5.76. The Morgan fingerprint density at radius 2 is 1.89 bits per heavy atom. The van der Waals surface area contributed by atoms with Gasteiger partial charge in [-0.15, -0.1) is 0 Å². The summed E-state index contributed by atoms with van der Waals surface area (Å²) in [6.45, 7) is 0.591. The molecule has 2 aromatic rings. The Bertz CT molecular complexity index is 578. The van der Waals surface area contributed by atoms with Crippen molar-refractivity contribution in [2.75, 3.05) is 12.3 Å². The minimum atomic E-state index is 0.0858. The highest BCUT2D eigenvalue weighted by Crippen LogP contribution is 2.25. The molecule has 0 radical (unpaired) electrons. The molecule has 1 heterocycles. The molecule has 0 aromatic heterocycles. The molecule has 3 rings (SSSR count). The van der Waals surface area contributed by atoms with Crippen molar-refractivity contribution in [1.82, 2.24) is 0 Å². The summed E-state index contributed by atoms with van der Waals surface area (Å²) in [5.41, 5.74) is 8.60. The van der Waals surface area contributed by atoms with Crippen LogP contribution in [0.25, 0.3) is 0 Å². The fourth-order valence-corrected chi connectivity index (χ4v) is 2.05. The van der Waals surface area contributed by atoms with E-state index in [1.165, 1.54) is 5.56 Å². The largest absolute Gasteiger partial charge is 0.475 e. The van der Waals surface area contributed by atoms with Gasteiger partial charge in [0.1, 0.15) is 12.6 Å². The lowest BCUT2D eigenvalue weighted by atomic mass is 10.1. The number of ether oxygens (including phenoxy) is 1. The van der Waals surface area contributed by atoms with Gasteiger partial charge in [-0.25, -0.2) is 4.99 Å². The molecular weight excluding hydrogens is 224 g/mol. The van der Waals surface area contributed by atoms with E-state index >= 15 is 0 Å². The fraction of sp³-hybridized carbons (Fsp3) is 0.133. The van der Waals surface area contributed by atoms with Gasteiger partial charge in [0.15, 0.2) is 0 Å². The Balaban J connectivity index is 1.88. The van der Waals surface area contributed by atoms with E-state index in [0.717, 1.165) is 11.3 Å². The summed E-state index contributed by atoms with van der Waals surface area (Å²) in [6.07, 6.45) is 0. The quantitative estimate of drug-likeness (QED) is 0.818. The third-order valence-electron chi connectivity index (χ3n) is 2.97. The van der Waals surface area contributed by atoms with E-state index in [-0.39, 0.29) is 6.04 Å². The standard InChI is InChI=1S/C15H14N2O/c16-13-8-4-7-12(9-13)15-17-14(10-18-15)11-5-2-1-3-6-11/h1-9,14H,10,16H2/t14-/m1/s1. The number of rotatable bonds is 2. The average Bonchev–Trinajstić information content (AvgIpc) is 2.89. The third-order valence-corrected chi connectivity index (χ3v) is 2.97. The van der Waals surface area contributed by atoms with Gasteiger partial charge in [-0.05, 0) is 23.8 Å². The van der Waals surface area contributed by atoms with Crippen molar-refractivity contribution in [2.24, 2.45) is 4.99 Å². The average molecular weight is 238 g/mol. The van der Waals surface area contributed by atoms with Crippen molar-refractivity contribution in [3.63, 3.8) is 0 Å². The second-order valence-electron chi connectivity index (χ2n) is 4.30. The van der Waals surface area contributed by atoms with Crippen molar-refractivity contribution in [2.45, 2.75) is 6.04 Å². The number of nitrogens with two attached hydrogens (primary N) is 1. The predicted molar refractivity (Wildman–Crippen MR) is 72.5 cm³/mol. The molecule has 1 aliphatic rings. The first-order valence-corrected chi connectivity index (χ1v) is 5.94. The van der Waals surface area contributed by atoms with Gasteiger partial charge in [0, 0.05) is 11.3 Å². The van der Waals surface area contributed by atoms with Crippen LogP contribution in [-0.2, 0) is 4.74 Å². The monoisotopic (exact) mass is 238 g/mol. The fourth-order valence-electron chi connectivity index (χ4n) is 2.05. The van der Waals surface area contributed by atoms with Crippen LogP contribution in [0.3, 0.4) is 0 Å². The molecule has 18 heavy (non-hydrogen) atoms. The highest BCUT2D eigenvalue weighted by atomic mass is 16.5. The van der Waals surface area contributed by atoms with Crippen LogP contribution < -0.4 is 5.73 Å². The Kier molecular flexibility index (Phi) is 2.73. The zero-order chi connectivity index (χ0) is 12.4. The molecule has 0 unspecified atom stereocenters. The molecule has 1 atom stereocenters. The van der Waals surface area contributed by atoms with Gasteiger partial charge in [0.05, 0.1) is 0 Å². The Morgan fingerprint density at radius 3 is 2.67 bits per heavy atom. The molecule has 3 heteroatoms. The van der Waals surface area contributed by atoms with Crippen LogP contribution in [0.4, 0.5) is 5.69 Å². The van der Waals surface area contributed by atoms with Crippen LogP contribution in [-0.4, -0.2) is 12.5 Å². The van der Waals surface area contributed by atoms with Crippen LogP contribution in [0.2, 0.25) is 0 Å². The van der Waals surface area contributed by atoms with E-state index in [1.807, 2.05) is 42.5 Å². The van der Waals surface area contributed by atoms with Crippen LogP contribution in [0.1, 0.15) is 17.2 Å². The molecule has 0 aliphatic carbocycles. The van der Waals surface area contributed by atoms with Crippen LogP contribution in [0.5, 0.6) is 0 Å². The van der Waals surface area contributed by atoms with E-state index < -0.39 is 0 Å². The number of nitrogens with zero attached hydrogens (tertiary/aromatic N) is 1. The Labute approximate surface area is 106 Å². The minimum absolute atomic E-state index is 0.0858. The molecule has 0 spiro atoms. The summed E-state index contributed by atoms with van der Waals surface area (Å²) in [6, 6.07) is 17.9.